The van der Waals surface area contributed by atoms with Crippen LogP contribution in [-0.2, 0) is 0 Å². The molecule has 0 amide bonds. The van der Waals surface area contributed by atoms with Gasteiger partial charge in [-0.3, -0.25) is 10.1 Å². The van der Waals surface area contributed by atoms with Gasteiger partial charge in [-0.05, 0) is 18.9 Å². The van der Waals surface area contributed by atoms with E-state index < -0.39 is 27.9 Å². The van der Waals surface area contributed by atoms with E-state index in [9.17, 15) is 18.9 Å². The van der Waals surface area contributed by atoms with Crippen LogP contribution in [0.1, 0.15) is 19.8 Å². The summed E-state index contributed by atoms with van der Waals surface area (Å²) in [7, 11) is 0. The SMILES string of the molecule is CCC(CCO)Nc1c([N+](=O)[O-])ccc(F)c1F. The number of rotatable bonds is 6. The number of hydrogen-bond acceptors (Lipinski definition) is 4. The van der Waals surface area contributed by atoms with Crippen LogP contribution in [0.4, 0.5) is 20.2 Å². The first-order valence-electron chi connectivity index (χ1n) is 5.51. The second-order valence-electron chi connectivity index (χ2n) is 3.77. The van der Waals surface area contributed by atoms with Crippen molar-refractivity contribution in [3.8, 4) is 0 Å². The lowest BCUT2D eigenvalue weighted by atomic mass is 10.1. The molecule has 0 saturated heterocycles. The second kappa shape index (κ2) is 6.25. The molecule has 0 bridgehead atoms. The maximum absolute atomic E-state index is 13.6. The Hall–Kier alpha value is -1.76. The predicted molar refractivity (Wildman–Crippen MR) is 62.4 cm³/mol. The third-order valence-electron chi connectivity index (χ3n) is 2.59. The van der Waals surface area contributed by atoms with Crippen LogP contribution in [0.25, 0.3) is 0 Å². The fraction of sp³-hybridized carbons (Fsp3) is 0.455. The van der Waals surface area contributed by atoms with E-state index in [0.29, 0.717) is 18.9 Å². The average molecular weight is 260 g/mol. The largest absolute Gasteiger partial charge is 0.396 e. The van der Waals surface area contributed by atoms with Crippen LogP contribution >= 0.6 is 0 Å². The van der Waals surface area contributed by atoms with E-state index in [1.165, 1.54) is 0 Å². The number of aliphatic hydroxyl groups is 1. The Bertz CT molecular complexity index is 441. The van der Waals surface area contributed by atoms with Crippen molar-refractivity contribution in [2.45, 2.75) is 25.8 Å². The summed E-state index contributed by atoms with van der Waals surface area (Å²) < 4.78 is 26.6. The van der Waals surface area contributed by atoms with Gasteiger partial charge >= 0.3 is 0 Å². The smallest absolute Gasteiger partial charge is 0.295 e. The molecule has 0 aliphatic carbocycles. The Morgan fingerprint density at radius 1 is 1.50 bits per heavy atom. The van der Waals surface area contributed by atoms with Gasteiger partial charge in [0.05, 0.1) is 4.92 Å². The predicted octanol–water partition coefficient (Wildman–Crippen LogP) is 2.45. The number of nitrogens with one attached hydrogen (secondary N) is 1. The van der Waals surface area contributed by atoms with Gasteiger partial charge in [-0.1, -0.05) is 6.92 Å². The molecule has 0 aromatic heterocycles. The summed E-state index contributed by atoms with van der Waals surface area (Å²) in [5, 5.41) is 22.1. The molecule has 0 saturated carbocycles. The van der Waals surface area contributed by atoms with Crippen molar-refractivity contribution >= 4 is 11.4 Å². The zero-order valence-electron chi connectivity index (χ0n) is 9.82. The van der Waals surface area contributed by atoms with Crippen LogP contribution in [0.2, 0.25) is 0 Å². The summed E-state index contributed by atoms with van der Waals surface area (Å²) in [6.07, 6.45) is 0.817. The number of benzene rings is 1. The molecule has 1 unspecified atom stereocenters. The minimum atomic E-state index is -1.28. The molecule has 7 heteroatoms. The first-order chi connectivity index (χ1) is 8.51. The van der Waals surface area contributed by atoms with Crippen LogP contribution in [0.15, 0.2) is 12.1 Å². The standard InChI is InChI=1S/C11H14F2N2O3/c1-2-7(5-6-16)14-11-9(15(17)18)4-3-8(12)10(11)13/h3-4,7,14,16H,2,5-6H2,1H3. The Morgan fingerprint density at radius 3 is 2.67 bits per heavy atom. The summed E-state index contributed by atoms with van der Waals surface area (Å²) in [5.74, 6) is -2.43. The molecule has 0 aliphatic heterocycles. The lowest BCUT2D eigenvalue weighted by Crippen LogP contribution is -2.21. The van der Waals surface area contributed by atoms with Crippen LogP contribution in [0, 0.1) is 21.7 Å². The molecular weight excluding hydrogens is 246 g/mol. The molecule has 1 aromatic carbocycles. The Morgan fingerprint density at radius 2 is 2.17 bits per heavy atom. The maximum Gasteiger partial charge on any atom is 0.295 e. The van der Waals surface area contributed by atoms with E-state index in [1.54, 1.807) is 6.92 Å². The zero-order chi connectivity index (χ0) is 13.7. The van der Waals surface area contributed by atoms with E-state index in [4.69, 9.17) is 5.11 Å². The molecule has 0 radical (unpaired) electrons. The topological polar surface area (TPSA) is 75.4 Å². The van der Waals surface area contributed by atoms with E-state index in [1.807, 2.05) is 0 Å². The minimum absolute atomic E-state index is 0.143. The minimum Gasteiger partial charge on any atom is -0.396 e. The lowest BCUT2D eigenvalue weighted by Gasteiger charge is -2.17. The molecule has 5 nitrogen and oxygen atoms in total. The Balaban J connectivity index is 3.12. The van der Waals surface area contributed by atoms with Crippen LogP contribution in [-0.4, -0.2) is 22.7 Å². The van der Waals surface area contributed by atoms with Crippen molar-refractivity contribution in [2.75, 3.05) is 11.9 Å². The molecule has 1 aromatic rings. The molecule has 18 heavy (non-hydrogen) atoms. The average Bonchev–Trinajstić information content (AvgIpc) is 2.33. The zero-order valence-corrected chi connectivity index (χ0v) is 9.82. The molecule has 0 heterocycles. The van der Waals surface area contributed by atoms with Gasteiger partial charge < -0.3 is 10.4 Å². The molecule has 100 valence electrons. The number of anilines is 1. The van der Waals surface area contributed by atoms with Crippen molar-refractivity contribution in [2.24, 2.45) is 0 Å². The second-order valence-corrected chi connectivity index (χ2v) is 3.77. The van der Waals surface area contributed by atoms with E-state index in [0.717, 1.165) is 6.07 Å². The fourth-order valence-electron chi connectivity index (χ4n) is 1.57. The number of nitro groups is 1. The summed E-state index contributed by atoms with van der Waals surface area (Å²) in [4.78, 5) is 9.96. The quantitative estimate of drug-likeness (QED) is 0.608. The van der Waals surface area contributed by atoms with Gasteiger partial charge in [0.25, 0.3) is 5.69 Å². The van der Waals surface area contributed by atoms with Crippen molar-refractivity contribution < 1.29 is 18.8 Å². The highest BCUT2D eigenvalue weighted by molar-refractivity contribution is 5.63. The van der Waals surface area contributed by atoms with Crippen molar-refractivity contribution in [1.82, 2.24) is 0 Å². The number of nitro benzene ring substituents is 1. The Labute approximate surface area is 103 Å². The molecule has 0 spiro atoms. The summed E-state index contributed by atoms with van der Waals surface area (Å²) in [5.41, 5.74) is -0.995. The van der Waals surface area contributed by atoms with Gasteiger partial charge in [-0.15, -0.1) is 0 Å². The molecule has 1 rings (SSSR count). The van der Waals surface area contributed by atoms with Crippen LogP contribution in [0.5, 0.6) is 0 Å². The maximum atomic E-state index is 13.6. The molecule has 2 N–H and O–H groups in total. The van der Waals surface area contributed by atoms with Gasteiger partial charge in [0, 0.05) is 18.7 Å². The van der Waals surface area contributed by atoms with Gasteiger partial charge in [-0.25, -0.2) is 8.78 Å². The number of nitrogens with zero attached hydrogens (tertiary/aromatic N) is 1. The summed E-state index contributed by atoms with van der Waals surface area (Å²) in [6, 6.07) is 1.27. The first-order valence-corrected chi connectivity index (χ1v) is 5.51. The van der Waals surface area contributed by atoms with Crippen LogP contribution < -0.4 is 5.32 Å². The number of aliphatic hydroxyl groups excluding tert-OH is 1. The van der Waals surface area contributed by atoms with Crippen molar-refractivity contribution in [3.05, 3.63) is 33.9 Å². The van der Waals surface area contributed by atoms with Gasteiger partial charge in [-0.2, -0.15) is 0 Å². The summed E-state index contributed by atoms with van der Waals surface area (Å²) in [6.45, 7) is 1.63. The highest BCUT2D eigenvalue weighted by atomic mass is 19.2. The normalized spacial score (nSPS) is 12.2. The molecule has 0 aliphatic rings. The Kier molecular flexibility index (Phi) is 4.96. The van der Waals surface area contributed by atoms with Gasteiger partial charge in [0.1, 0.15) is 0 Å². The van der Waals surface area contributed by atoms with Crippen LogP contribution in [0.3, 0.4) is 0 Å². The van der Waals surface area contributed by atoms with Gasteiger partial charge in [0.15, 0.2) is 17.3 Å². The highest BCUT2D eigenvalue weighted by Crippen LogP contribution is 2.30. The highest BCUT2D eigenvalue weighted by Gasteiger charge is 2.23. The van der Waals surface area contributed by atoms with E-state index in [2.05, 4.69) is 5.32 Å². The third-order valence-corrected chi connectivity index (χ3v) is 2.59. The first kappa shape index (κ1) is 14.3. The third kappa shape index (κ3) is 3.13. The van der Waals surface area contributed by atoms with Crippen molar-refractivity contribution in [3.63, 3.8) is 0 Å². The molecular formula is C11H14F2N2O3. The van der Waals surface area contributed by atoms with E-state index >= 15 is 0 Å². The summed E-state index contributed by atoms with van der Waals surface area (Å²) >= 11 is 0. The lowest BCUT2D eigenvalue weighted by molar-refractivity contribution is -0.384. The molecule has 0 fully saturated rings. The monoisotopic (exact) mass is 260 g/mol. The van der Waals surface area contributed by atoms with E-state index in [-0.39, 0.29) is 12.6 Å². The van der Waals surface area contributed by atoms with Gasteiger partial charge in [0.2, 0.25) is 0 Å². The molecule has 1 atom stereocenters. The number of halogens is 2. The fourth-order valence-corrected chi connectivity index (χ4v) is 1.57. The number of hydrogen-bond donors (Lipinski definition) is 2. The van der Waals surface area contributed by atoms with Crippen molar-refractivity contribution in [1.29, 1.82) is 0 Å².